The van der Waals surface area contributed by atoms with Crippen molar-refractivity contribution >= 4 is 40.2 Å². The van der Waals surface area contributed by atoms with Gasteiger partial charge in [0.1, 0.15) is 29.8 Å². The van der Waals surface area contributed by atoms with Crippen LogP contribution in [-0.2, 0) is 33.5 Å². The first-order valence-electron chi connectivity index (χ1n) is 18.1. The fraction of sp³-hybridized carbons (Fsp3) is 0.400. The first-order valence-corrected chi connectivity index (χ1v) is 18.1. The van der Waals surface area contributed by atoms with E-state index in [4.69, 9.17) is 0 Å². The highest BCUT2D eigenvalue weighted by Crippen LogP contribution is 2.59. The molecule has 0 radical (unpaired) electrons. The molecule has 0 unspecified atom stereocenters. The average molecular weight is 757 g/mol. The SMILES string of the molecule is C=CCC[C@@H](C)C(=O)NC[C@@]12C[C@@H](C(=O)Nc3nc(C(F)(F)F)ccc3C)N(C(=O)Cn3nc(C(C)=O)c4cc(-c5cnc(C)cn5)cc(CC=C)c43)[C@@H]1C2. The molecule has 4 atom stereocenters. The van der Waals surface area contributed by atoms with Crippen molar-refractivity contribution in [3.8, 4) is 11.3 Å². The van der Waals surface area contributed by atoms with E-state index < -0.39 is 41.2 Å². The molecule has 0 spiro atoms. The fourth-order valence-electron chi connectivity index (χ4n) is 7.41. The van der Waals surface area contributed by atoms with Gasteiger partial charge < -0.3 is 15.5 Å². The molecule has 3 amide bonds. The van der Waals surface area contributed by atoms with Crippen LogP contribution in [0.15, 0.2) is 62.0 Å². The minimum Gasteiger partial charge on any atom is -0.355 e. The quantitative estimate of drug-likeness (QED) is 0.115. The highest BCUT2D eigenvalue weighted by molar-refractivity contribution is 6.07. The topological polar surface area (TPSA) is 152 Å². The summed E-state index contributed by atoms with van der Waals surface area (Å²) >= 11 is 0. The Kier molecular flexibility index (Phi) is 10.8. The summed E-state index contributed by atoms with van der Waals surface area (Å²) in [6, 6.07) is 4.19. The Bertz CT molecular complexity index is 2200. The molecule has 0 bridgehead atoms. The predicted molar refractivity (Wildman–Crippen MR) is 200 cm³/mol. The minimum atomic E-state index is -4.74. The van der Waals surface area contributed by atoms with Crippen molar-refractivity contribution in [2.45, 2.75) is 84.6 Å². The highest BCUT2D eigenvalue weighted by atomic mass is 19.4. The van der Waals surface area contributed by atoms with Gasteiger partial charge in [0.15, 0.2) is 5.78 Å². The summed E-state index contributed by atoms with van der Waals surface area (Å²) < 4.78 is 42.1. The van der Waals surface area contributed by atoms with Gasteiger partial charge in [-0.05, 0) is 75.3 Å². The van der Waals surface area contributed by atoms with E-state index in [1.54, 1.807) is 30.6 Å². The molecule has 1 saturated heterocycles. The van der Waals surface area contributed by atoms with Crippen LogP contribution in [0.1, 0.15) is 72.5 Å². The highest BCUT2D eigenvalue weighted by Gasteiger charge is 2.67. The molecule has 2 aliphatic rings. The maximum Gasteiger partial charge on any atom is 0.433 e. The number of nitrogens with one attached hydrogen (secondary N) is 2. The van der Waals surface area contributed by atoms with Gasteiger partial charge in [-0.25, -0.2) is 4.98 Å². The molecule has 288 valence electrons. The Labute approximate surface area is 316 Å². The molecule has 15 heteroatoms. The number of aromatic nitrogens is 5. The number of anilines is 1. The lowest BCUT2D eigenvalue weighted by molar-refractivity contribution is -0.141. The third-order valence-electron chi connectivity index (χ3n) is 10.5. The van der Waals surface area contributed by atoms with E-state index in [1.165, 1.54) is 29.5 Å². The van der Waals surface area contributed by atoms with Gasteiger partial charge in [-0.2, -0.15) is 18.3 Å². The maximum absolute atomic E-state index is 14.5. The van der Waals surface area contributed by atoms with E-state index in [0.717, 1.165) is 17.3 Å². The van der Waals surface area contributed by atoms with Crippen LogP contribution in [0.4, 0.5) is 19.0 Å². The first-order chi connectivity index (χ1) is 26.1. The number of halogens is 3. The van der Waals surface area contributed by atoms with Crippen molar-refractivity contribution in [3.05, 3.63) is 90.2 Å². The van der Waals surface area contributed by atoms with Gasteiger partial charge in [-0.1, -0.05) is 25.1 Å². The zero-order valence-electron chi connectivity index (χ0n) is 31.2. The third-order valence-corrected chi connectivity index (χ3v) is 10.5. The van der Waals surface area contributed by atoms with Crippen molar-refractivity contribution in [2.24, 2.45) is 11.3 Å². The number of hydrogen-bond donors (Lipinski definition) is 2. The van der Waals surface area contributed by atoms with Crippen molar-refractivity contribution < 1.29 is 32.3 Å². The van der Waals surface area contributed by atoms with Crippen LogP contribution in [0.5, 0.6) is 0 Å². The van der Waals surface area contributed by atoms with Crippen molar-refractivity contribution in [1.82, 2.24) is 34.9 Å². The molecule has 2 fully saturated rings. The molecule has 4 aromatic rings. The number of hydrogen-bond acceptors (Lipinski definition) is 8. The number of carbonyl (C=O) groups excluding carboxylic acids is 4. The zero-order chi connectivity index (χ0) is 39.8. The number of ketones is 1. The van der Waals surface area contributed by atoms with Crippen LogP contribution in [0.25, 0.3) is 22.2 Å². The monoisotopic (exact) mass is 756 g/mol. The zero-order valence-corrected chi connectivity index (χ0v) is 31.2. The predicted octanol–water partition coefficient (Wildman–Crippen LogP) is 6.17. The molecular formula is C40H43F3N8O4. The number of nitrogens with zero attached hydrogens (tertiary/aromatic N) is 6. The second-order valence-electron chi connectivity index (χ2n) is 14.6. The number of piperidine rings is 1. The van der Waals surface area contributed by atoms with Crippen molar-refractivity contribution in [1.29, 1.82) is 0 Å². The number of allylic oxidation sites excluding steroid dienone is 2. The number of likely N-dealkylation sites (tertiary alicyclic amines) is 1. The Morgan fingerprint density at radius 3 is 2.49 bits per heavy atom. The molecule has 6 rings (SSSR count). The van der Waals surface area contributed by atoms with Gasteiger partial charge >= 0.3 is 6.18 Å². The summed E-state index contributed by atoms with van der Waals surface area (Å²) in [5.74, 6) is -2.23. The van der Waals surface area contributed by atoms with Gasteiger partial charge in [0.05, 0.1) is 23.1 Å². The van der Waals surface area contributed by atoms with E-state index in [1.807, 2.05) is 19.9 Å². The summed E-state index contributed by atoms with van der Waals surface area (Å²) in [5.41, 5.74) is 1.94. The van der Waals surface area contributed by atoms with Gasteiger partial charge in [0.25, 0.3) is 0 Å². The van der Waals surface area contributed by atoms with E-state index in [0.29, 0.717) is 53.4 Å². The number of aryl methyl sites for hydroxylation is 2. The van der Waals surface area contributed by atoms with E-state index in [2.05, 4.69) is 43.8 Å². The third kappa shape index (κ3) is 7.91. The normalized spacial score (nSPS) is 19.4. The number of alkyl halides is 3. The number of benzene rings is 1. The van der Waals surface area contributed by atoms with Gasteiger partial charge in [0, 0.05) is 48.0 Å². The van der Waals surface area contributed by atoms with Crippen LogP contribution in [-0.4, -0.2) is 71.8 Å². The number of pyridine rings is 1. The van der Waals surface area contributed by atoms with E-state index in [-0.39, 0.29) is 48.6 Å². The Balaban J connectivity index is 1.34. The molecule has 2 N–H and O–H groups in total. The first kappa shape index (κ1) is 39.0. The fourth-order valence-corrected chi connectivity index (χ4v) is 7.41. The Hall–Kier alpha value is -5.73. The largest absolute Gasteiger partial charge is 0.433 e. The standard InChI is InChI=1S/C40H43F3N8O4/c1-7-9-11-23(4)37(54)46-21-39-16-30(38(55)48-36-22(3)12-13-31(47-36)40(41,42)43)51(32(39)17-39)33(53)20-50-35-26(10-8-2)14-27(29-19-44-24(5)18-45-29)15-28(35)34(49-50)25(6)52/h7-8,12-15,18-19,23,30,32H,1-2,9-11,16-17,20-21H2,3-6H3,(H,46,54)(H,47,48,55)/t23-,30+,32-,39+/m1/s1. The summed E-state index contributed by atoms with van der Waals surface area (Å²) in [7, 11) is 0. The molecule has 1 saturated carbocycles. The van der Waals surface area contributed by atoms with E-state index in [9.17, 15) is 32.3 Å². The van der Waals surface area contributed by atoms with Crippen LogP contribution in [0, 0.1) is 25.2 Å². The molecule has 55 heavy (non-hydrogen) atoms. The lowest BCUT2D eigenvalue weighted by Gasteiger charge is -2.27. The average Bonchev–Trinajstić information content (AvgIpc) is 3.55. The lowest BCUT2D eigenvalue weighted by atomic mass is 9.98. The Morgan fingerprint density at radius 2 is 1.84 bits per heavy atom. The molecule has 12 nitrogen and oxygen atoms in total. The second-order valence-corrected chi connectivity index (χ2v) is 14.6. The Morgan fingerprint density at radius 1 is 1.07 bits per heavy atom. The minimum absolute atomic E-state index is 0.144. The van der Waals surface area contributed by atoms with Crippen LogP contribution in [0.3, 0.4) is 0 Å². The summed E-state index contributed by atoms with van der Waals surface area (Å²) in [5, 5.41) is 10.7. The van der Waals surface area contributed by atoms with Crippen LogP contribution >= 0.6 is 0 Å². The number of carbonyl (C=O) groups is 4. The molecule has 1 aliphatic heterocycles. The summed E-state index contributed by atoms with van der Waals surface area (Å²) in [6.45, 7) is 14.0. The van der Waals surface area contributed by atoms with Gasteiger partial charge in [0.2, 0.25) is 17.7 Å². The van der Waals surface area contributed by atoms with Gasteiger partial charge in [-0.15, -0.1) is 13.2 Å². The summed E-state index contributed by atoms with van der Waals surface area (Å²) in [4.78, 5) is 68.4. The molecule has 4 heterocycles. The molecule has 3 aromatic heterocycles. The number of fused-ring (bicyclic) bond motifs is 2. The summed E-state index contributed by atoms with van der Waals surface area (Å²) in [6.07, 6.45) is 4.29. The van der Waals surface area contributed by atoms with Crippen LogP contribution < -0.4 is 10.6 Å². The molecular weight excluding hydrogens is 713 g/mol. The number of Topliss-reactive ketones (excluding diaryl/α,β-unsaturated/α-hetero) is 1. The van der Waals surface area contributed by atoms with Crippen molar-refractivity contribution in [2.75, 3.05) is 11.9 Å². The van der Waals surface area contributed by atoms with Crippen molar-refractivity contribution in [3.63, 3.8) is 0 Å². The second kappa shape index (κ2) is 15.2. The maximum atomic E-state index is 14.5. The molecule has 1 aromatic carbocycles. The van der Waals surface area contributed by atoms with E-state index >= 15 is 0 Å². The van der Waals surface area contributed by atoms with Gasteiger partial charge in [-0.3, -0.25) is 33.8 Å². The smallest absolute Gasteiger partial charge is 0.355 e. The van der Waals surface area contributed by atoms with Crippen LogP contribution in [0.2, 0.25) is 0 Å². The molecule has 1 aliphatic carbocycles. The number of amides is 3. The lowest BCUT2D eigenvalue weighted by Crippen LogP contribution is -2.47. The number of rotatable bonds is 14.